The lowest BCUT2D eigenvalue weighted by Crippen LogP contribution is -2.18. The van der Waals surface area contributed by atoms with E-state index in [1.165, 1.54) is 32.1 Å². The van der Waals surface area contributed by atoms with Crippen LogP contribution in [0.25, 0.3) is 11.1 Å². The summed E-state index contributed by atoms with van der Waals surface area (Å²) in [5, 5.41) is 0. The largest absolute Gasteiger partial charge is 0.494 e. The van der Waals surface area contributed by atoms with Gasteiger partial charge in [0.05, 0.1) is 18.6 Å². The van der Waals surface area contributed by atoms with Gasteiger partial charge in [-0.15, -0.1) is 0 Å². The van der Waals surface area contributed by atoms with Gasteiger partial charge in [-0.1, -0.05) is 102 Å². The van der Waals surface area contributed by atoms with Crippen LogP contribution in [-0.4, -0.2) is 24.6 Å². The fourth-order valence-electron chi connectivity index (χ4n) is 4.92. The van der Waals surface area contributed by atoms with Gasteiger partial charge >= 0.3 is 5.97 Å². The second-order valence-corrected chi connectivity index (χ2v) is 10.5. The molecule has 1 aliphatic carbocycles. The first-order valence-corrected chi connectivity index (χ1v) is 14.3. The van der Waals surface area contributed by atoms with Crippen molar-refractivity contribution in [1.82, 2.24) is 0 Å². The summed E-state index contributed by atoms with van der Waals surface area (Å²) >= 11 is 0. The van der Waals surface area contributed by atoms with Gasteiger partial charge in [0.1, 0.15) is 11.7 Å². The minimum atomic E-state index is -3.06. The highest BCUT2D eigenvalue weighted by molar-refractivity contribution is 5.80. The first-order chi connectivity index (χ1) is 17.9. The molecule has 0 saturated heterocycles. The van der Waals surface area contributed by atoms with Crippen molar-refractivity contribution < 1.29 is 23.0 Å². The van der Waals surface area contributed by atoms with Gasteiger partial charge < -0.3 is 9.47 Å². The highest BCUT2D eigenvalue weighted by Crippen LogP contribution is 2.62. The average Bonchev–Trinajstić information content (AvgIpc) is 3.48. The molecule has 37 heavy (non-hydrogen) atoms. The van der Waals surface area contributed by atoms with E-state index >= 15 is 0 Å². The number of hydrogen-bond acceptors (Lipinski definition) is 3. The van der Waals surface area contributed by atoms with Crippen LogP contribution in [0.3, 0.4) is 0 Å². The van der Waals surface area contributed by atoms with Crippen molar-refractivity contribution in [2.75, 3.05) is 6.61 Å². The van der Waals surface area contributed by atoms with Crippen molar-refractivity contribution >= 4 is 5.97 Å². The van der Waals surface area contributed by atoms with Gasteiger partial charge in [0, 0.05) is 0 Å². The molecule has 0 amide bonds. The molecule has 0 heterocycles. The number of alkyl halides is 2. The maximum absolute atomic E-state index is 14.6. The molecule has 0 radical (unpaired) electrons. The van der Waals surface area contributed by atoms with E-state index in [1.807, 2.05) is 36.4 Å². The Balaban J connectivity index is 1.48. The molecule has 0 aliphatic heterocycles. The van der Waals surface area contributed by atoms with E-state index in [0.717, 1.165) is 55.6 Å². The Kier molecular flexibility index (Phi) is 11.4. The third-order valence-electron chi connectivity index (χ3n) is 7.31. The third-order valence-corrected chi connectivity index (χ3v) is 7.31. The van der Waals surface area contributed by atoms with Crippen LogP contribution in [0.15, 0.2) is 48.5 Å². The number of esters is 1. The Hall–Kier alpha value is -2.43. The Labute approximate surface area is 222 Å². The number of ether oxygens (including phenoxy) is 2. The van der Waals surface area contributed by atoms with E-state index < -0.39 is 23.7 Å². The van der Waals surface area contributed by atoms with E-state index in [2.05, 4.69) is 13.8 Å². The molecule has 3 rings (SSSR count). The zero-order valence-electron chi connectivity index (χ0n) is 22.8. The van der Waals surface area contributed by atoms with Gasteiger partial charge in [0.2, 0.25) is 0 Å². The molecule has 0 N–H and O–H groups in total. The highest BCUT2D eigenvalue weighted by atomic mass is 19.3. The van der Waals surface area contributed by atoms with Gasteiger partial charge in [-0.3, -0.25) is 4.79 Å². The lowest BCUT2D eigenvalue weighted by molar-refractivity contribution is -0.152. The van der Waals surface area contributed by atoms with Gasteiger partial charge in [-0.05, 0) is 55.0 Å². The van der Waals surface area contributed by atoms with Crippen molar-refractivity contribution in [3.05, 3.63) is 54.1 Å². The smallest absolute Gasteiger partial charge is 0.316 e. The molecule has 204 valence electrons. The zero-order chi connectivity index (χ0) is 26.7. The first-order valence-electron chi connectivity index (χ1n) is 14.3. The van der Waals surface area contributed by atoms with Crippen molar-refractivity contribution in [1.29, 1.82) is 0 Å². The topological polar surface area (TPSA) is 35.5 Å². The number of unbranched alkanes of at least 4 members (excludes halogenated alkanes) is 8. The van der Waals surface area contributed by atoms with Crippen LogP contribution in [0.1, 0.15) is 103 Å². The van der Waals surface area contributed by atoms with Crippen LogP contribution in [0.4, 0.5) is 8.78 Å². The Morgan fingerprint density at radius 3 is 1.97 bits per heavy atom. The van der Waals surface area contributed by atoms with E-state index in [1.54, 1.807) is 19.1 Å². The fraction of sp³-hybridized carbons (Fsp3) is 0.594. The second-order valence-electron chi connectivity index (χ2n) is 10.5. The van der Waals surface area contributed by atoms with Crippen LogP contribution in [0, 0.1) is 5.92 Å². The number of halogens is 2. The average molecular weight is 515 g/mol. The van der Waals surface area contributed by atoms with Crippen LogP contribution in [0.5, 0.6) is 5.75 Å². The van der Waals surface area contributed by atoms with E-state index in [-0.39, 0.29) is 6.10 Å². The van der Waals surface area contributed by atoms with Gasteiger partial charge in [0.15, 0.2) is 0 Å². The Morgan fingerprint density at radius 2 is 1.35 bits per heavy atom. The number of carbonyl (C=O) groups excluding carboxylic acids is 1. The number of rotatable bonds is 17. The van der Waals surface area contributed by atoms with E-state index in [0.29, 0.717) is 12.0 Å². The van der Waals surface area contributed by atoms with Gasteiger partial charge in [-0.25, -0.2) is 8.78 Å². The number of hydrogen-bond donors (Lipinski definition) is 0. The molecule has 0 bridgehead atoms. The minimum absolute atomic E-state index is 0.332. The molecular weight excluding hydrogens is 470 g/mol. The number of benzene rings is 2. The lowest BCUT2D eigenvalue weighted by atomic mass is 10.0. The van der Waals surface area contributed by atoms with Crippen molar-refractivity contribution in [3.63, 3.8) is 0 Å². The maximum Gasteiger partial charge on any atom is 0.316 e. The SMILES string of the molecule is CCCCCCCCOc1ccc(-c2ccc(C3C(C(=O)O[C@@H](C)CCCCCC)C3(F)F)cc2)cc1. The van der Waals surface area contributed by atoms with Gasteiger partial charge in [0.25, 0.3) is 5.92 Å². The molecule has 1 fully saturated rings. The first kappa shape index (κ1) is 29.1. The molecule has 2 aromatic carbocycles. The van der Waals surface area contributed by atoms with E-state index in [9.17, 15) is 13.6 Å². The van der Waals surface area contributed by atoms with Crippen molar-refractivity contribution in [2.45, 2.75) is 109 Å². The number of carbonyl (C=O) groups is 1. The molecule has 3 nitrogen and oxygen atoms in total. The van der Waals surface area contributed by atoms with Crippen molar-refractivity contribution in [3.8, 4) is 16.9 Å². The summed E-state index contributed by atoms with van der Waals surface area (Å²) in [4.78, 5) is 12.5. The summed E-state index contributed by atoms with van der Waals surface area (Å²) in [5.41, 5.74) is 2.41. The summed E-state index contributed by atoms with van der Waals surface area (Å²) < 4.78 is 40.3. The zero-order valence-corrected chi connectivity index (χ0v) is 22.8. The van der Waals surface area contributed by atoms with Crippen molar-refractivity contribution in [2.24, 2.45) is 5.92 Å². The highest BCUT2D eigenvalue weighted by Gasteiger charge is 2.73. The predicted molar refractivity (Wildman–Crippen MR) is 146 cm³/mol. The summed E-state index contributed by atoms with van der Waals surface area (Å²) in [6.07, 6.45) is 12.0. The molecule has 0 aromatic heterocycles. The monoisotopic (exact) mass is 514 g/mol. The molecule has 2 aromatic rings. The lowest BCUT2D eigenvalue weighted by Gasteiger charge is -2.13. The molecule has 5 heteroatoms. The fourth-order valence-corrected chi connectivity index (χ4v) is 4.92. The van der Waals surface area contributed by atoms with Crippen LogP contribution >= 0.6 is 0 Å². The molecule has 0 spiro atoms. The normalized spacial score (nSPS) is 18.8. The van der Waals surface area contributed by atoms with E-state index in [4.69, 9.17) is 9.47 Å². The summed E-state index contributed by atoms with van der Waals surface area (Å²) in [6, 6.07) is 15.0. The molecule has 2 unspecified atom stereocenters. The molecule has 1 saturated carbocycles. The molecule has 3 atom stereocenters. The standard InChI is InChI=1S/C32H44F2O3/c1-4-6-8-10-11-13-23-36-28-21-19-26(20-22-28)25-15-17-27(18-16-25)29-30(32(29,33)34)31(35)37-24(3)14-12-9-7-5-2/h15-22,24,29-30H,4-14,23H2,1-3H3/t24-,29?,30?/m0/s1. The maximum atomic E-state index is 14.6. The quantitative estimate of drug-likeness (QED) is 0.156. The van der Waals surface area contributed by atoms with Crippen LogP contribution < -0.4 is 4.74 Å². The second kappa shape index (κ2) is 14.5. The van der Waals surface area contributed by atoms with Gasteiger partial charge in [-0.2, -0.15) is 0 Å². The third kappa shape index (κ3) is 8.55. The Morgan fingerprint density at radius 1 is 0.811 bits per heavy atom. The molecule has 1 aliphatic rings. The Bertz CT molecular complexity index is 940. The summed E-state index contributed by atoms with van der Waals surface area (Å²) in [5.74, 6) is -5.50. The van der Waals surface area contributed by atoms with Crippen LogP contribution in [-0.2, 0) is 9.53 Å². The minimum Gasteiger partial charge on any atom is -0.494 e. The summed E-state index contributed by atoms with van der Waals surface area (Å²) in [7, 11) is 0. The molecular formula is C32H44F2O3. The predicted octanol–water partition coefficient (Wildman–Crippen LogP) is 9.34. The summed E-state index contributed by atoms with van der Waals surface area (Å²) in [6.45, 7) is 6.86. The van der Waals surface area contributed by atoms with Crippen LogP contribution in [0.2, 0.25) is 0 Å².